The number of carbonyl (C=O) groups excluding carboxylic acids is 2. The van der Waals surface area contributed by atoms with Crippen molar-refractivity contribution in [2.75, 3.05) is 13.7 Å². The Hall–Kier alpha value is -1.88. The van der Waals surface area contributed by atoms with Crippen molar-refractivity contribution >= 4 is 11.9 Å². The van der Waals surface area contributed by atoms with Gasteiger partial charge in [-0.15, -0.1) is 0 Å². The molecule has 0 saturated carbocycles. The van der Waals surface area contributed by atoms with Gasteiger partial charge in [0, 0.05) is 0 Å². The van der Waals surface area contributed by atoms with E-state index in [4.69, 9.17) is 9.84 Å². The first-order valence-corrected chi connectivity index (χ1v) is 6.14. The fourth-order valence-electron chi connectivity index (χ4n) is 2.13. The summed E-state index contributed by atoms with van der Waals surface area (Å²) in [5, 5.41) is 9.01. The lowest BCUT2D eigenvalue weighted by atomic mass is 9.92. The minimum atomic E-state index is -0.399. The van der Waals surface area contributed by atoms with Gasteiger partial charge in [-0.2, -0.15) is 0 Å². The lowest BCUT2D eigenvalue weighted by Gasteiger charge is -2.33. The van der Waals surface area contributed by atoms with Crippen molar-refractivity contribution < 1.29 is 24.2 Å². The van der Waals surface area contributed by atoms with E-state index in [0.717, 1.165) is 5.56 Å². The Morgan fingerprint density at radius 1 is 1.47 bits per heavy atom. The second-order valence-electron chi connectivity index (χ2n) is 4.50. The molecule has 1 saturated heterocycles. The average Bonchev–Trinajstić information content (AvgIpc) is 2.43. The van der Waals surface area contributed by atoms with E-state index in [1.54, 1.807) is 18.2 Å². The number of benzene rings is 1. The third kappa shape index (κ3) is 2.93. The standard InChI is InChI=1S/C14H16O5/c1-18-13(16)10-4-2-3-9(7-10)5-6-12-11(8-15)14(17)19-12/h2-4,7,11-12,15H,5-6,8H2,1H3/t11-,12-/m0/s1. The van der Waals surface area contributed by atoms with Crippen LogP contribution in [0.3, 0.4) is 0 Å². The summed E-state index contributed by atoms with van der Waals surface area (Å²) >= 11 is 0. The van der Waals surface area contributed by atoms with Gasteiger partial charge in [0.25, 0.3) is 0 Å². The number of ether oxygens (including phenoxy) is 2. The summed E-state index contributed by atoms with van der Waals surface area (Å²) in [6.45, 7) is -0.175. The maximum absolute atomic E-state index is 11.4. The number of aliphatic hydroxyl groups is 1. The topological polar surface area (TPSA) is 72.8 Å². The van der Waals surface area contributed by atoms with Gasteiger partial charge < -0.3 is 14.6 Å². The number of rotatable bonds is 5. The van der Waals surface area contributed by atoms with E-state index in [1.807, 2.05) is 6.07 Å². The van der Waals surface area contributed by atoms with Crippen LogP contribution in [0.1, 0.15) is 22.3 Å². The fourth-order valence-corrected chi connectivity index (χ4v) is 2.13. The zero-order valence-electron chi connectivity index (χ0n) is 10.7. The molecule has 0 aromatic heterocycles. The van der Waals surface area contributed by atoms with E-state index in [0.29, 0.717) is 18.4 Å². The quantitative estimate of drug-likeness (QED) is 0.801. The molecule has 5 heteroatoms. The van der Waals surface area contributed by atoms with Crippen molar-refractivity contribution in [3.63, 3.8) is 0 Å². The molecule has 2 rings (SSSR count). The molecule has 0 radical (unpaired) electrons. The van der Waals surface area contributed by atoms with Crippen LogP contribution in [-0.2, 0) is 20.7 Å². The summed E-state index contributed by atoms with van der Waals surface area (Å²) in [7, 11) is 1.34. The molecule has 0 amide bonds. The molecular formula is C14H16O5. The zero-order valence-corrected chi connectivity index (χ0v) is 10.7. The van der Waals surface area contributed by atoms with Gasteiger partial charge in [0.2, 0.25) is 0 Å². The minimum Gasteiger partial charge on any atom is -0.465 e. The van der Waals surface area contributed by atoms with Crippen molar-refractivity contribution in [1.29, 1.82) is 0 Å². The maximum Gasteiger partial charge on any atom is 0.337 e. The highest BCUT2D eigenvalue weighted by molar-refractivity contribution is 5.89. The summed E-state index contributed by atoms with van der Waals surface area (Å²) in [6, 6.07) is 7.15. The molecule has 2 atom stereocenters. The smallest absolute Gasteiger partial charge is 0.337 e. The summed E-state index contributed by atoms with van der Waals surface area (Å²) < 4.78 is 9.63. The van der Waals surface area contributed by atoms with Gasteiger partial charge >= 0.3 is 11.9 Å². The largest absolute Gasteiger partial charge is 0.465 e. The molecular weight excluding hydrogens is 248 g/mol. The molecule has 1 N–H and O–H groups in total. The molecule has 1 aliphatic rings. The van der Waals surface area contributed by atoms with Crippen LogP contribution >= 0.6 is 0 Å². The Kier molecular flexibility index (Phi) is 4.16. The predicted octanol–water partition coefficient (Wildman–Crippen LogP) is 0.940. The van der Waals surface area contributed by atoms with Crippen LogP contribution in [0, 0.1) is 5.92 Å². The van der Waals surface area contributed by atoms with E-state index in [-0.39, 0.29) is 24.6 Å². The van der Waals surface area contributed by atoms with Gasteiger partial charge in [0.15, 0.2) is 0 Å². The highest BCUT2D eigenvalue weighted by Crippen LogP contribution is 2.26. The Morgan fingerprint density at radius 3 is 2.89 bits per heavy atom. The molecule has 1 aromatic rings. The van der Waals surface area contributed by atoms with E-state index >= 15 is 0 Å². The van der Waals surface area contributed by atoms with Gasteiger partial charge in [-0.25, -0.2) is 4.79 Å². The van der Waals surface area contributed by atoms with Crippen LogP contribution in [0.25, 0.3) is 0 Å². The monoisotopic (exact) mass is 264 g/mol. The number of aryl methyl sites for hydroxylation is 1. The van der Waals surface area contributed by atoms with Gasteiger partial charge in [-0.3, -0.25) is 4.79 Å². The van der Waals surface area contributed by atoms with Gasteiger partial charge in [0.1, 0.15) is 12.0 Å². The SMILES string of the molecule is COC(=O)c1cccc(CC[C@@H]2OC(=O)[C@H]2CO)c1. The maximum atomic E-state index is 11.4. The lowest BCUT2D eigenvalue weighted by Crippen LogP contribution is -2.47. The number of esters is 2. The van der Waals surface area contributed by atoms with E-state index in [1.165, 1.54) is 7.11 Å². The summed E-state index contributed by atoms with van der Waals surface area (Å²) in [6.07, 6.45) is 1.10. The van der Waals surface area contributed by atoms with Gasteiger partial charge in [-0.05, 0) is 30.5 Å². The molecule has 19 heavy (non-hydrogen) atoms. The number of carbonyl (C=O) groups is 2. The van der Waals surface area contributed by atoms with Crippen LogP contribution in [0.15, 0.2) is 24.3 Å². The molecule has 102 valence electrons. The number of cyclic esters (lactones) is 1. The van der Waals surface area contributed by atoms with Crippen molar-refractivity contribution in [1.82, 2.24) is 0 Å². The fraction of sp³-hybridized carbons (Fsp3) is 0.429. The number of methoxy groups -OCH3 is 1. The second kappa shape index (κ2) is 5.84. The van der Waals surface area contributed by atoms with Crippen molar-refractivity contribution in [2.24, 2.45) is 5.92 Å². The Labute approximate surface area is 111 Å². The van der Waals surface area contributed by atoms with Crippen LogP contribution in [0.2, 0.25) is 0 Å². The van der Waals surface area contributed by atoms with E-state index in [9.17, 15) is 9.59 Å². The Morgan fingerprint density at radius 2 is 2.26 bits per heavy atom. The first-order valence-electron chi connectivity index (χ1n) is 6.14. The Bertz CT molecular complexity index is 482. The molecule has 1 fully saturated rings. The first-order chi connectivity index (χ1) is 9.15. The highest BCUT2D eigenvalue weighted by atomic mass is 16.6. The van der Waals surface area contributed by atoms with Gasteiger partial charge in [0.05, 0.1) is 19.3 Å². The normalized spacial score (nSPS) is 21.5. The Balaban J connectivity index is 1.93. The number of aliphatic hydroxyl groups excluding tert-OH is 1. The van der Waals surface area contributed by atoms with Crippen LogP contribution in [-0.4, -0.2) is 36.9 Å². The predicted molar refractivity (Wildman–Crippen MR) is 66.6 cm³/mol. The summed E-state index contributed by atoms with van der Waals surface area (Å²) in [5.41, 5.74) is 1.48. The zero-order chi connectivity index (χ0) is 13.8. The highest BCUT2D eigenvalue weighted by Gasteiger charge is 2.41. The first kappa shape index (κ1) is 13.5. The van der Waals surface area contributed by atoms with Crippen LogP contribution in [0.4, 0.5) is 0 Å². The third-order valence-electron chi connectivity index (χ3n) is 3.28. The van der Waals surface area contributed by atoms with Crippen LogP contribution < -0.4 is 0 Å². The molecule has 0 unspecified atom stereocenters. The third-order valence-corrected chi connectivity index (χ3v) is 3.28. The molecule has 0 bridgehead atoms. The van der Waals surface area contributed by atoms with Gasteiger partial charge in [-0.1, -0.05) is 12.1 Å². The van der Waals surface area contributed by atoms with E-state index < -0.39 is 5.92 Å². The molecule has 0 aliphatic carbocycles. The molecule has 1 aromatic carbocycles. The van der Waals surface area contributed by atoms with E-state index in [2.05, 4.69) is 4.74 Å². The number of hydrogen-bond acceptors (Lipinski definition) is 5. The molecule has 5 nitrogen and oxygen atoms in total. The average molecular weight is 264 g/mol. The second-order valence-corrected chi connectivity index (χ2v) is 4.50. The molecule has 1 heterocycles. The lowest BCUT2D eigenvalue weighted by molar-refractivity contribution is -0.188. The van der Waals surface area contributed by atoms with Crippen LogP contribution in [0.5, 0.6) is 0 Å². The van der Waals surface area contributed by atoms with Crippen molar-refractivity contribution in [2.45, 2.75) is 18.9 Å². The molecule has 0 spiro atoms. The molecule has 1 aliphatic heterocycles. The summed E-state index contributed by atoms with van der Waals surface area (Å²) in [4.78, 5) is 22.4. The van der Waals surface area contributed by atoms with Crippen molar-refractivity contribution in [3.8, 4) is 0 Å². The van der Waals surface area contributed by atoms with Crippen molar-refractivity contribution in [3.05, 3.63) is 35.4 Å². The number of hydrogen-bond donors (Lipinski definition) is 1. The summed E-state index contributed by atoms with van der Waals surface area (Å²) in [5.74, 6) is -1.11. The minimum absolute atomic E-state index is 0.175.